The van der Waals surface area contributed by atoms with Gasteiger partial charge in [-0.1, -0.05) is 319 Å². The zero-order valence-corrected chi connectivity index (χ0v) is 55.0. The largest absolute Gasteiger partial charge is 0.472 e. The topological polar surface area (TPSA) is 105 Å². The van der Waals surface area contributed by atoms with Gasteiger partial charge in [0, 0.05) is 6.42 Å². The SMILES string of the molecule is CCCCCCCCC/C=C/CC/C=C/CC/C=C/C(O)C(COP(=O)(O)OCC[N+](C)(C)C)NC(=O)CCCCCCCCCCCCCCCCCCCCCCCCCCCCCCC/C=C\CCCCCCCCCC. The van der Waals surface area contributed by atoms with Crippen LogP contribution in [0.25, 0.3) is 0 Å². The first-order valence-corrected chi connectivity index (χ1v) is 36.5. The molecular formula is C71H138N2O6P+. The van der Waals surface area contributed by atoms with Crippen LogP contribution in [0.2, 0.25) is 0 Å². The summed E-state index contributed by atoms with van der Waals surface area (Å²) in [4.78, 5) is 23.3. The van der Waals surface area contributed by atoms with Crippen molar-refractivity contribution in [3.8, 4) is 0 Å². The second-order valence-corrected chi connectivity index (χ2v) is 26.7. The molecule has 0 aromatic carbocycles. The number of unbranched alkanes of at least 4 members (excludes halogenated alkanes) is 46. The Morgan fingerprint density at radius 1 is 0.412 bits per heavy atom. The predicted molar refractivity (Wildman–Crippen MR) is 351 cm³/mol. The third kappa shape index (κ3) is 64.0. The molecular weight excluding hydrogens is 1010 g/mol. The molecule has 0 spiro atoms. The Labute approximate surface area is 499 Å². The lowest BCUT2D eigenvalue weighted by molar-refractivity contribution is -0.870. The number of quaternary nitrogens is 1. The van der Waals surface area contributed by atoms with Crippen molar-refractivity contribution in [2.45, 2.75) is 360 Å². The molecule has 0 bridgehead atoms. The average Bonchev–Trinajstić information content (AvgIpc) is 3.43. The standard InChI is InChI=1S/C71H137N2O6P/c1-6-8-10-12-14-16-18-20-22-24-25-26-27-28-29-30-31-32-33-34-35-36-37-38-39-40-41-42-43-44-45-46-47-49-51-53-55-57-59-61-63-65-71(75)72-69(68-79-80(76,77)78-67-66-73(3,4)5)70(74)64-62-60-58-56-54-52-50-48-23-21-19-17-15-13-11-9-7-2/h23-25,48,54,56,62,64,69-70,74H,6-22,26-47,49-53,55,57-61,63,65-68H2,1-5H3,(H-,72,75,76,77)/p+1/b25-24-,48-23+,56-54+,64-62+. The van der Waals surface area contributed by atoms with Crippen molar-refractivity contribution in [1.82, 2.24) is 5.32 Å². The number of aliphatic hydroxyl groups excluding tert-OH is 1. The molecule has 0 radical (unpaired) electrons. The van der Waals surface area contributed by atoms with E-state index in [0.717, 1.165) is 44.9 Å². The fourth-order valence-corrected chi connectivity index (χ4v) is 11.3. The van der Waals surface area contributed by atoms with Gasteiger partial charge in [0.2, 0.25) is 5.91 Å². The van der Waals surface area contributed by atoms with Gasteiger partial charge in [0.05, 0.1) is 39.9 Å². The van der Waals surface area contributed by atoms with Crippen LogP contribution in [0.5, 0.6) is 0 Å². The third-order valence-electron chi connectivity index (χ3n) is 16.0. The maximum absolute atomic E-state index is 13.0. The minimum atomic E-state index is -4.36. The highest BCUT2D eigenvalue weighted by Gasteiger charge is 2.28. The first-order valence-electron chi connectivity index (χ1n) is 35.0. The van der Waals surface area contributed by atoms with Crippen molar-refractivity contribution in [2.24, 2.45) is 0 Å². The molecule has 0 fully saturated rings. The molecule has 0 aromatic heterocycles. The summed E-state index contributed by atoms with van der Waals surface area (Å²) in [5.74, 6) is -0.185. The molecule has 0 aromatic rings. The van der Waals surface area contributed by atoms with Crippen LogP contribution in [0, 0.1) is 0 Å². The van der Waals surface area contributed by atoms with Crippen LogP contribution in [0.3, 0.4) is 0 Å². The number of aliphatic hydroxyl groups is 1. The molecule has 8 nitrogen and oxygen atoms in total. The number of carbonyl (C=O) groups is 1. The van der Waals surface area contributed by atoms with Gasteiger partial charge in [-0.15, -0.1) is 0 Å². The second-order valence-electron chi connectivity index (χ2n) is 25.2. The van der Waals surface area contributed by atoms with Crippen molar-refractivity contribution < 1.29 is 32.9 Å². The first-order chi connectivity index (χ1) is 39.0. The Bertz CT molecular complexity index is 1440. The molecule has 0 saturated carbocycles. The second kappa shape index (κ2) is 62.0. The zero-order chi connectivity index (χ0) is 58.4. The van der Waals surface area contributed by atoms with E-state index in [9.17, 15) is 19.4 Å². The van der Waals surface area contributed by atoms with E-state index in [1.807, 2.05) is 27.2 Å². The number of likely N-dealkylation sites (N-methyl/N-ethyl adjacent to an activating group) is 1. The Kier molecular flexibility index (Phi) is 60.8. The third-order valence-corrected chi connectivity index (χ3v) is 17.0. The van der Waals surface area contributed by atoms with Gasteiger partial charge in [-0.25, -0.2) is 4.57 Å². The summed E-state index contributed by atoms with van der Waals surface area (Å²) in [6, 6.07) is -0.869. The Hall–Kier alpha value is -1.54. The van der Waals surface area contributed by atoms with E-state index < -0.39 is 20.0 Å². The first kappa shape index (κ1) is 78.5. The summed E-state index contributed by atoms with van der Waals surface area (Å²) >= 11 is 0. The predicted octanol–water partition coefficient (Wildman–Crippen LogP) is 22.2. The van der Waals surface area contributed by atoms with Crippen molar-refractivity contribution >= 4 is 13.7 Å². The van der Waals surface area contributed by atoms with Crippen LogP contribution in [0.1, 0.15) is 348 Å². The lowest BCUT2D eigenvalue weighted by Crippen LogP contribution is -2.45. The highest BCUT2D eigenvalue weighted by atomic mass is 31.2. The van der Waals surface area contributed by atoms with Gasteiger partial charge in [0.1, 0.15) is 13.2 Å². The lowest BCUT2D eigenvalue weighted by Gasteiger charge is -2.25. The Morgan fingerprint density at radius 3 is 1.00 bits per heavy atom. The summed E-state index contributed by atoms with van der Waals surface area (Å²) in [7, 11) is 1.56. The van der Waals surface area contributed by atoms with Gasteiger partial charge in [0.15, 0.2) is 0 Å². The Balaban J connectivity index is 3.89. The molecule has 0 aliphatic carbocycles. The number of nitrogens with zero attached hydrogens (tertiary/aromatic N) is 1. The van der Waals surface area contributed by atoms with E-state index in [2.05, 4.69) is 55.6 Å². The number of phosphoric acid groups is 1. The highest BCUT2D eigenvalue weighted by molar-refractivity contribution is 7.47. The Morgan fingerprint density at radius 2 is 0.688 bits per heavy atom. The monoisotopic (exact) mass is 1150 g/mol. The average molecular weight is 1150 g/mol. The lowest BCUT2D eigenvalue weighted by atomic mass is 10.0. The van der Waals surface area contributed by atoms with Crippen molar-refractivity contribution in [3.63, 3.8) is 0 Å². The summed E-state index contributed by atoms with van der Waals surface area (Å²) in [6.45, 7) is 4.81. The molecule has 3 unspecified atom stereocenters. The number of amides is 1. The van der Waals surface area contributed by atoms with Crippen LogP contribution in [0.15, 0.2) is 48.6 Å². The number of hydrogen-bond donors (Lipinski definition) is 3. The minimum Gasteiger partial charge on any atom is -0.387 e. The van der Waals surface area contributed by atoms with E-state index >= 15 is 0 Å². The van der Waals surface area contributed by atoms with E-state index in [1.165, 1.54) is 283 Å². The smallest absolute Gasteiger partial charge is 0.387 e. The number of nitrogens with one attached hydrogen (secondary N) is 1. The number of allylic oxidation sites excluding steroid dienone is 7. The fraction of sp³-hybridized carbons (Fsp3) is 0.873. The van der Waals surface area contributed by atoms with Gasteiger partial charge in [-0.3, -0.25) is 13.8 Å². The number of phosphoric ester groups is 1. The van der Waals surface area contributed by atoms with Crippen LogP contribution in [0.4, 0.5) is 0 Å². The minimum absolute atomic E-state index is 0.0546. The van der Waals surface area contributed by atoms with Crippen LogP contribution < -0.4 is 5.32 Å². The summed E-state index contributed by atoms with van der Waals surface area (Å²) in [5.41, 5.74) is 0. The maximum Gasteiger partial charge on any atom is 0.472 e. The number of carbonyl (C=O) groups excluding carboxylic acids is 1. The van der Waals surface area contributed by atoms with Crippen molar-refractivity contribution in [1.29, 1.82) is 0 Å². The van der Waals surface area contributed by atoms with E-state index in [1.54, 1.807) is 6.08 Å². The van der Waals surface area contributed by atoms with E-state index in [-0.39, 0.29) is 19.1 Å². The molecule has 9 heteroatoms. The van der Waals surface area contributed by atoms with Crippen LogP contribution >= 0.6 is 7.82 Å². The van der Waals surface area contributed by atoms with Gasteiger partial charge in [0.25, 0.3) is 0 Å². The number of rotatable bonds is 65. The molecule has 3 atom stereocenters. The van der Waals surface area contributed by atoms with Crippen molar-refractivity contribution in [2.75, 3.05) is 40.9 Å². The van der Waals surface area contributed by atoms with Gasteiger partial charge in [-0.2, -0.15) is 0 Å². The van der Waals surface area contributed by atoms with E-state index in [4.69, 9.17) is 9.05 Å². The zero-order valence-electron chi connectivity index (χ0n) is 54.1. The van der Waals surface area contributed by atoms with Gasteiger partial charge in [-0.05, 0) is 70.6 Å². The molecule has 0 heterocycles. The normalized spacial score (nSPS) is 13.9. The molecule has 0 saturated heterocycles. The molecule has 3 N–H and O–H groups in total. The quantitative estimate of drug-likeness (QED) is 0.0243. The highest BCUT2D eigenvalue weighted by Crippen LogP contribution is 2.43. The molecule has 0 rings (SSSR count). The molecule has 80 heavy (non-hydrogen) atoms. The summed E-state index contributed by atoms with van der Waals surface area (Å²) in [5, 5.41) is 13.9. The van der Waals surface area contributed by atoms with Gasteiger partial charge >= 0.3 is 7.82 Å². The maximum atomic E-state index is 13.0. The van der Waals surface area contributed by atoms with Gasteiger partial charge < -0.3 is 19.8 Å². The van der Waals surface area contributed by atoms with Crippen LogP contribution in [-0.4, -0.2) is 73.4 Å². The number of hydrogen-bond acceptors (Lipinski definition) is 5. The van der Waals surface area contributed by atoms with E-state index in [0.29, 0.717) is 17.4 Å². The molecule has 472 valence electrons. The molecule has 1 amide bonds. The fourth-order valence-electron chi connectivity index (χ4n) is 10.5. The summed E-state index contributed by atoms with van der Waals surface area (Å²) < 4.78 is 23.7. The summed E-state index contributed by atoms with van der Waals surface area (Å²) in [6.07, 6.45) is 84.3. The molecule has 0 aliphatic heterocycles. The molecule has 0 aliphatic rings. The van der Waals surface area contributed by atoms with Crippen molar-refractivity contribution in [3.05, 3.63) is 48.6 Å². The van der Waals surface area contributed by atoms with Crippen LogP contribution in [-0.2, 0) is 18.4 Å².